The molecule has 0 spiro atoms. The van der Waals surface area contributed by atoms with Crippen LogP contribution in [0, 0.1) is 11.3 Å². The molecule has 3 amide bonds. The molecule has 5 rings (SSSR count). The average molecular weight is 506 g/mol. The van der Waals surface area contributed by atoms with Crippen LogP contribution in [0.1, 0.15) is 72.1 Å². The van der Waals surface area contributed by atoms with Crippen LogP contribution >= 0.6 is 15.9 Å². The number of anilines is 1. The minimum atomic E-state index is -0.723. The number of carbonyl (C=O) groups is 2. The Balaban J connectivity index is 1.48. The van der Waals surface area contributed by atoms with Gasteiger partial charge in [-0.15, -0.1) is 0 Å². The van der Waals surface area contributed by atoms with Crippen molar-refractivity contribution in [3.05, 3.63) is 28.7 Å². The van der Waals surface area contributed by atoms with Crippen molar-refractivity contribution >= 4 is 33.6 Å². The Labute approximate surface area is 199 Å². The highest BCUT2D eigenvalue weighted by Gasteiger charge is 2.51. The molecule has 4 aliphatic rings. The fourth-order valence-corrected chi connectivity index (χ4v) is 6.29. The molecule has 0 radical (unpaired) electrons. The van der Waals surface area contributed by atoms with Crippen molar-refractivity contribution in [2.45, 2.75) is 89.3 Å². The molecule has 4 saturated carbocycles. The van der Waals surface area contributed by atoms with Gasteiger partial charge >= 0.3 is 6.03 Å². The molecule has 0 aliphatic heterocycles. The molecular formula is C25H36BrN3O3. The molecule has 0 unspecified atom stereocenters. The zero-order chi connectivity index (χ0) is 23.1. The van der Waals surface area contributed by atoms with E-state index in [0.29, 0.717) is 19.4 Å². The minimum Gasteiger partial charge on any atom is -0.390 e. The number of urea groups is 1. The number of rotatable bonds is 6. The summed E-state index contributed by atoms with van der Waals surface area (Å²) in [5.41, 5.74) is 0.168. The Hall–Kier alpha value is -1.60. The number of benzene rings is 1. The van der Waals surface area contributed by atoms with E-state index in [-0.39, 0.29) is 34.9 Å². The number of amides is 3. The van der Waals surface area contributed by atoms with E-state index in [1.54, 1.807) is 0 Å². The van der Waals surface area contributed by atoms with Crippen LogP contribution < -0.4 is 15.5 Å². The molecule has 0 saturated heterocycles. The van der Waals surface area contributed by atoms with Gasteiger partial charge in [-0.1, -0.05) is 22.0 Å². The molecular weight excluding hydrogens is 470 g/mol. The summed E-state index contributed by atoms with van der Waals surface area (Å²) < 4.78 is 0.956. The van der Waals surface area contributed by atoms with Crippen LogP contribution in [0.2, 0.25) is 0 Å². The van der Waals surface area contributed by atoms with Crippen molar-refractivity contribution in [2.24, 2.45) is 11.3 Å². The van der Waals surface area contributed by atoms with Crippen molar-refractivity contribution in [3.63, 3.8) is 0 Å². The third-order valence-electron chi connectivity index (χ3n) is 7.80. The summed E-state index contributed by atoms with van der Waals surface area (Å²) >= 11 is 3.55. The standard InChI is InChI=1S/C25H36BrN3O3/c1-17(2)27-22(31)28-25-10-7-24(8-11-25,9-12-25)16-29(20-6-4-5-19(26)13-20)21(30)18-14-23(3,32)15-18/h4-6,13,17-18,32H,7-12,14-16H2,1-3H3,(H2,27,28,31). The number of aliphatic hydroxyl groups is 1. The summed E-state index contributed by atoms with van der Waals surface area (Å²) in [5, 5.41) is 16.4. The molecule has 1 aromatic carbocycles. The Morgan fingerprint density at radius 1 is 1.16 bits per heavy atom. The summed E-state index contributed by atoms with van der Waals surface area (Å²) in [6.07, 6.45) is 6.95. The van der Waals surface area contributed by atoms with E-state index in [4.69, 9.17) is 0 Å². The molecule has 32 heavy (non-hydrogen) atoms. The average Bonchev–Trinajstić information content (AvgIpc) is 2.70. The lowest BCUT2D eigenvalue weighted by Crippen LogP contribution is -2.61. The fourth-order valence-electron chi connectivity index (χ4n) is 5.90. The van der Waals surface area contributed by atoms with E-state index >= 15 is 0 Å². The second-order valence-electron chi connectivity index (χ2n) is 11.0. The molecule has 2 bridgehead atoms. The first-order valence-corrected chi connectivity index (χ1v) is 12.7. The largest absolute Gasteiger partial charge is 0.390 e. The summed E-state index contributed by atoms with van der Waals surface area (Å²) in [4.78, 5) is 27.8. The van der Waals surface area contributed by atoms with Crippen molar-refractivity contribution in [3.8, 4) is 0 Å². The van der Waals surface area contributed by atoms with Gasteiger partial charge in [-0.05, 0) is 95.8 Å². The van der Waals surface area contributed by atoms with E-state index in [1.807, 2.05) is 49.9 Å². The van der Waals surface area contributed by atoms with Gasteiger partial charge in [-0.25, -0.2) is 4.79 Å². The maximum atomic E-state index is 13.5. The number of halogens is 1. The van der Waals surface area contributed by atoms with Gasteiger partial charge in [-0.2, -0.15) is 0 Å². The maximum Gasteiger partial charge on any atom is 0.315 e. The SMILES string of the molecule is CC(C)NC(=O)NC12CCC(CN(C(=O)C3CC(C)(O)C3)c3cccc(Br)c3)(CC1)CC2. The Morgan fingerprint density at radius 2 is 1.78 bits per heavy atom. The van der Waals surface area contributed by atoms with Crippen LogP contribution in [0.15, 0.2) is 28.7 Å². The molecule has 0 heterocycles. The van der Waals surface area contributed by atoms with Gasteiger partial charge in [0.25, 0.3) is 0 Å². The number of hydrogen-bond acceptors (Lipinski definition) is 3. The van der Waals surface area contributed by atoms with E-state index in [0.717, 1.165) is 48.7 Å². The number of nitrogens with one attached hydrogen (secondary N) is 2. The molecule has 0 atom stereocenters. The normalized spacial score (nSPS) is 33.5. The number of hydrogen-bond donors (Lipinski definition) is 3. The molecule has 4 aliphatic carbocycles. The number of carbonyl (C=O) groups excluding carboxylic acids is 2. The minimum absolute atomic E-state index is 0.0719. The van der Waals surface area contributed by atoms with Crippen molar-refractivity contribution in [1.82, 2.24) is 10.6 Å². The van der Waals surface area contributed by atoms with E-state index in [2.05, 4.69) is 26.6 Å². The highest BCUT2D eigenvalue weighted by atomic mass is 79.9. The molecule has 3 N–H and O–H groups in total. The number of nitrogens with zero attached hydrogens (tertiary/aromatic N) is 1. The van der Waals surface area contributed by atoms with Crippen molar-refractivity contribution in [2.75, 3.05) is 11.4 Å². The van der Waals surface area contributed by atoms with Crippen LogP contribution in [0.5, 0.6) is 0 Å². The Kier molecular flexibility index (Phi) is 6.36. The van der Waals surface area contributed by atoms with Gasteiger partial charge in [0.2, 0.25) is 5.91 Å². The molecule has 176 valence electrons. The second kappa shape index (κ2) is 8.64. The smallest absolute Gasteiger partial charge is 0.315 e. The van der Waals surface area contributed by atoms with Gasteiger partial charge in [0.05, 0.1) is 5.60 Å². The molecule has 4 fully saturated rings. The lowest BCUT2D eigenvalue weighted by Gasteiger charge is -2.55. The quantitative estimate of drug-likeness (QED) is 0.521. The number of fused-ring (bicyclic) bond motifs is 3. The highest BCUT2D eigenvalue weighted by Crippen LogP contribution is 2.53. The lowest BCUT2D eigenvalue weighted by atomic mass is 9.57. The van der Waals surface area contributed by atoms with Gasteiger partial charge in [-0.3, -0.25) is 4.79 Å². The molecule has 6 nitrogen and oxygen atoms in total. The van der Waals surface area contributed by atoms with Crippen molar-refractivity contribution < 1.29 is 14.7 Å². The van der Waals surface area contributed by atoms with E-state index in [1.165, 1.54) is 0 Å². The third kappa shape index (κ3) is 4.98. The summed E-state index contributed by atoms with van der Waals surface area (Å²) in [6, 6.07) is 8.01. The zero-order valence-corrected chi connectivity index (χ0v) is 21.0. The first-order chi connectivity index (χ1) is 15.0. The first kappa shape index (κ1) is 23.6. The first-order valence-electron chi connectivity index (χ1n) is 11.9. The van der Waals surface area contributed by atoms with Gasteiger partial charge in [0.15, 0.2) is 0 Å². The predicted molar refractivity (Wildman–Crippen MR) is 130 cm³/mol. The van der Waals surface area contributed by atoms with Crippen LogP contribution in [-0.4, -0.2) is 40.8 Å². The van der Waals surface area contributed by atoms with Crippen LogP contribution in [0.3, 0.4) is 0 Å². The Morgan fingerprint density at radius 3 is 2.31 bits per heavy atom. The third-order valence-corrected chi connectivity index (χ3v) is 8.29. The van der Waals surface area contributed by atoms with Gasteiger partial charge < -0.3 is 20.6 Å². The predicted octanol–water partition coefficient (Wildman–Crippen LogP) is 4.74. The summed E-state index contributed by atoms with van der Waals surface area (Å²) in [6.45, 7) is 6.45. The van der Waals surface area contributed by atoms with Crippen LogP contribution in [0.4, 0.5) is 10.5 Å². The van der Waals surface area contributed by atoms with Crippen LogP contribution in [-0.2, 0) is 4.79 Å². The topological polar surface area (TPSA) is 81.7 Å². The molecule has 1 aromatic rings. The summed E-state index contributed by atoms with van der Waals surface area (Å²) in [5.74, 6) is 0.00824. The zero-order valence-electron chi connectivity index (χ0n) is 19.4. The second-order valence-corrected chi connectivity index (χ2v) is 12.0. The van der Waals surface area contributed by atoms with Gasteiger partial charge in [0, 0.05) is 34.2 Å². The highest BCUT2D eigenvalue weighted by molar-refractivity contribution is 9.10. The molecule has 0 aromatic heterocycles. The maximum absolute atomic E-state index is 13.5. The van der Waals surface area contributed by atoms with Crippen molar-refractivity contribution in [1.29, 1.82) is 0 Å². The van der Waals surface area contributed by atoms with Crippen LogP contribution in [0.25, 0.3) is 0 Å². The Bertz CT molecular complexity index is 852. The fraction of sp³-hybridized carbons (Fsp3) is 0.680. The van der Waals surface area contributed by atoms with E-state index in [9.17, 15) is 14.7 Å². The lowest BCUT2D eigenvalue weighted by molar-refractivity contribution is -0.137. The monoisotopic (exact) mass is 505 g/mol. The molecule has 7 heteroatoms. The van der Waals surface area contributed by atoms with E-state index < -0.39 is 5.60 Å². The summed E-state index contributed by atoms with van der Waals surface area (Å²) in [7, 11) is 0. The van der Waals surface area contributed by atoms with Gasteiger partial charge in [0.1, 0.15) is 0 Å².